The third-order valence-corrected chi connectivity index (χ3v) is 4.72. The Balaban J connectivity index is 0.00000288. The van der Waals surface area contributed by atoms with E-state index < -0.39 is 6.10 Å². The summed E-state index contributed by atoms with van der Waals surface area (Å²) in [4.78, 5) is 0. The van der Waals surface area contributed by atoms with Gasteiger partial charge in [-0.25, -0.2) is 0 Å². The van der Waals surface area contributed by atoms with E-state index in [4.69, 9.17) is 9.47 Å². The molecule has 1 fully saturated rings. The zero-order valence-electron chi connectivity index (χ0n) is 15.6. The second kappa shape index (κ2) is 8.72. The van der Waals surface area contributed by atoms with Crippen molar-refractivity contribution in [2.45, 2.75) is 45.1 Å². The molecule has 1 saturated heterocycles. The summed E-state index contributed by atoms with van der Waals surface area (Å²) in [6.07, 6.45) is 2.08. The number of rotatable bonds is 6. The van der Waals surface area contributed by atoms with Crippen LogP contribution in [0, 0.1) is 0 Å². The summed E-state index contributed by atoms with van der Waals surface area (Å²) in [5.41, 5.74) is 1.06. The minimum absolute atomic E-state index is 0. The molecule has 1 aromatic carbocycles. The highest BCUT2D eigenvalue weighted by atomic mass is 127. The summed E-state index contributed by atoms with van der Waals surface area (Å²) in [5.74, 6) is 1.67. The van der Waals surface area contributed by atoms with Gasteiger partial charge < -0.3 is 43.0 Å². The molecule has 138 valence electrons. The Labute approximate surface area is 163 Å². The van der Waals surface area contributed by atoms with Gasteiger partial charge >= 0.3 is 0 Å². The first kappa shape index (κ1) is 21.5. The van der Waals surface area contributed by atoms with Gasteiger partial charge in [0.1, 0.15) is 30.8 Å². The minimum Gasteiger partial charge on any atom is -1.00 e. The molecule has 1 atom stereocenters. The third-order valence-electron chi connectivity index (χ3n) is 4.72. The predicted molar refractivity (Wildman–Crippen MR) is 93.2 cm³/mol. The number of ether oxygens (including phenoxy) is 2. The summed E-state index contributed by atoms with van der Waals surface area (Å²) in [6.45, 7) is 9.88. The van der Waals surface area contributed by atoms with Crippen LogP contribution in [0.2, 0.25) is 0 Å². The van der Waals surface area contributed by atoms with Crippen molar-refractivity contribution in [1.82, 2.24) is 0 Å². The molecule has 1 aromatic rings. The molecule has 1 unspecified atom stereocenters. The quantitative estimate of drug-likeness (QED) is 0.490. The van der Waals surface area contributed by atoms with Crippen molar-refractivity contribution in [1.29, 1.82) is 0 Å². The first-order chi connectivity index (χ1) is 10.7. The molecule has 1 heterocycles. The minimum atomic E-state index is -0.437. The molecule has 0 aromatic heterocycles. The second-order valence-corrected chi connectivity index (χ2v) is 8.03. The normalized spacial score (nSPS) is 17.9. The van der Waals surface area contributed by atoms with Crippen LogP contribution >= 0.6 is 0 Å². The SMILES string of the molecule is COc1ccc(OCC(O)C[N+]2(C)CCCC2)c(C(C)(C)C)c1.[I-]. The van der Waals surface area contributed by atoms with Gasteiger partial charge in [0, 0.05) is 18.4 Å². The van der Waals surface area contributed by atoms with Crippen molar-refractivity contribution in [2.24, 2.45) is 0 Å². The fraction of sp³-hybridized carbons (Fsp3) is 0.684. The monoisotopic (exact) mass is 449 g/mol. The van der Waals surface area contributed by atoms with Crippen LogP contribution in [0.4, 0.5) is 0 Å². The van der Waals surface area contributed by atoms with Gasteiger partial charge in [-0.05, 0) is 23.6 Å². The molecule has 1 N–H and O–H groups in total. The van der Waals surface area contributed by atoms with E-state index in [2.05, 4.69) is 27.8 Å². The van der Waals surface area contributed by atoms with Crippen LogP contribution in [0.1, 0.15) is 39.2 Å². The summed E-state index contributed by atoms with van der Waals surface area (Å²) in [7, 11) is 3.90. The largest absolute Gasteiger partial charge is 1.00 e. The standard InChI is InChI=1S/C19H32NO3.HI/c1-19(2,3)17-12-16(22-5)8-9-18(17)23-14-15(21)13-20(4)10-6-7-11-20;/h8-9,12,15,21H,6-7,10-11,13-14H2,1-5H3;1H/q+1;/p-1. The Morgan fingerprint density at radius 1 is 1.21 bits per heavy atom. The number of hydrogen-bond acceptors (Lipinski definition) is 3. The summed E-state index contributed by atoms with van der Waals surface area (Å²) in [5, 5.41) is 10.4. The van der Waals surface area contributed by atoms with Gasteiger partial charge in [0.25, 0.3) is 0 Å². The maximum atomic E-state index is 10.4. The van der Waals surface area contributed by atoms with E-state index in [0.29, 0.717) is 6.61 Å². The van der Waals surface area contributed by atoms with Crippen molar-refractivity contribution in [3.05, 3.63) is 23.8 Å². The number of likely N-dealkylation sites (tertiary alicyclic amines) is 1. The average molecular weight is 449 g/mol. The van der Waals surface area contributed by atoms with E-state index in [9.17, 15) is 5.11 Å². The van der Waals surface area contributed by atoms with Crippen LogP contribution in [0.3, 0.4) is 0 Å². The van der Waals surface area contributed by atoms with Gasteiger partial charge in [0.05, 0.1) is 27.2 Å². The molecular formula is C19H32INO3. The maximum Gasteiger partial charge on any atom is 0.137 e. The fourth-order valence-electron chi connectivity index (χ4n) is 3.38. The topological polar surface area (TPSA) is 38.7 Å². The van der Waals surface area contributed by atoms with E-state index in [1.165, 1.54) is 12.8 Å². The number of nitrogens with zero attached hydrogens (tertiary/aromatic N) is 1. The number of quaternary nitrogens is 1. The molecular weight excluding hydrogens is 417 g/mol. The lowest BCUT2D eigenvalue weighted by atomic mass is 9.86. The third kappa shape index (κ3) is 5.77. The van der Waals surface area contributed by atoms with E-state index in [-0.39, 0.29) is 29.4 Å². The van der Waals surface area contributed by atoms with Crippen LogP contribution in [0.5, 0.6) is 11.5 Å². The Hall–Kier alpha value is -0.530. The molecule has 0 aliphatic carbocycles. The van der Waals surface area contributed by atoms with Crippen molar-refractivity contribution in [2.75, 3.05) is 40.4 Å². The van der Waals surface area contributed by atoms with Gasteiger partial charge in [-0.2, -0.15) is 0 Å². The number of aliphatic hydroxyl groups excluding tert-OH is 1. The Morgan fingerprint density at radius 2 is 1.83 bits per heavy atom. The number of hydrogen-bond donors (Lipinski definition) is 1. The number of aliphatic hydroxyl groups is 1. The van der Waals surface area contributed by atoms with Gasteiger partial charge in [-0.1, -0.05) is 20.8 Å². The second-order valence-electron chi connectivity index (χ2n) is 8.03. The van der Waals surface area contributed by atoms with Crippen molar-refractivity contribution >= 4 is 0 Å². The van der Waals surface area contributed by atoms with E-state index in [0.717, 1.165) is 41.2 Å². The van der Waals surface area contributed by atoms with Crippen molar-refractivity contribution in [3.63, 3.8) is 0 Å². The number of halogens is 1. The smallest absolute Gasteiger partial charge is 0.137 e. The van der Waals surface area contributed by atoms with Gasteiger partial charge in [-0.15, -0.1) is 0 Å². The predicted octanol–water partition coefficient (Wildman–Crippen LogP) is -0.0232. The van der Waals surface area contributed by atoms with E-state index in [1.54, 1.807) is 7.11 Å². The average Bonchev–Trinajstić information content (AvgIpc) is 2.90. The first-order valence-electron chi connectivity index (χ1n) is 8.56. The highest BCUT2D eigenvalue weighted by Gasteiger charge is 2.30. The Bertz CT molecular complexity index is 522. The Kier molecular flexibility index (Phi) is 7.81. The highest BCUT2D eigenvalue weighted by molar-refractivity contribution is 5.44. The lowest BCUT2D eigenvalue weighted by Crippen LogP contribution is -3.00. The molecule has 0 radical (unpaired) electrons. The number of methoxy groups -OCH3 is 1. The molecule has 1 aliphatic heterocycles. The van der Waals surface area contributed by atoms with Crippen LogP contribution in [-0.2, 0) is 5.41 Å². The summed E-state index contributed by atoms with van der Waals surface area (Å²) in [6, 6.07) is 5.87. The molecule has 2 rings (SSSR count). The highest BCUT2D eigenvalue weighted by Crippen LogP contribution is 2.34. The summed E-state index contributed by atoms with van der Waals surface area (Å²) < 4.78 is 12.2. The molecule has 5 heteroatoms. The van der Waals surface area contributed by atoms with Crippen LogP contribution in [-0.4, -0.2) is 56.1 Å². The van der Waals surface area contributed by atoms with Crippen molar-refractivity contribution < 1.29 is 43.0 Å². The molecule has 0 saturated carbocycles. The van der Waals surface area contributed by atoms with Crippen LogP contribution in [0.15, 0.2) is 18.2 Å². The number of likely N-dealkylation sites (N-methyl/N-ethyl adjacent to an activating group) is 1. The van der Waals surface area contributed by atoms with Crippen LogP contribution in [0.25, 0.3) is 0 Å². The summed E-state index contributed by atoms with van der Waals surface area (Å²) >= 11 is 0. The molecule has 4 nitrogen and oxygen atoms in total. The molecule has 0 spiro atoms. The van der Waals surface area contributed by atoms with Gasteiger partial charge in [0.15, 0.2) is 0 Å². The lowest BCUT2D eigenvalue weighted by molar-refractivity contribution is -0.900. The molecule has 24 heavy (non-hydrogen) atoms. The van der Waals surface area contributed by atoms with Gasteiger partial charge in [0.2, 0.25) is 0 Å². The lowest BCUT2D eigenvalue weighted by Gasteiger charge is -2.31. The number of benzene rings is 1. The zero-order valence-corrected chi connectivity index (χ0v) is 17.8. The molecule has 0 amide bonds. The van der Waals surface area contributed by atoms with Crippen molar-refractivity contribution in [3.8, 4) is 11.5 Å². The van der Waals surface area contributed by atoms with Crippen LogP contribution < -0.4 is 33.5 Å². The van der Waals surface area contributed by atoms with Gasteiger partial charge in [-0.3, -0.25) is 0 Å². The maximum absolute atomic E-state index is 10.4. The zero-order chi connectivity index (χ0) is 17.1. The van der Waals surface area contributed by atoms with E-state index in [1.807, 2.05) is 18.2 Å². The molecule has 0 bridgehead atoms. The molecule has 1 aliphatic rings. The Morgan fingerprint density at radius 3 is 2.38 bits per heavy atom. The van der Waals surface area contributed by atoms with E-state index >= 15 is 0 Å². The fourth-order valence-corrected chi connectivity index (χ4v) is 3.38. The first-order valence-corrected chi connectivity index (χ1v) is 8.56.